The molecule has 0 unspecified atom stereocenters. The lowest BCUT2D eigenvalue weighted by molar-refractivity contribution is 0.312. The molecule has 4 nitrogen and oxygen atoms in total. The lowest BCUT2D eigenvalue weighted by Crippen LogP contribution is -2.30. The van der Waals surface area contributed by atoms with E-state index in [-0.39, 0.29) is 0 Å². The Morgan fingerprint density at radius 3 is 2.75 bits per heavy atom. The number of nitrogens with zero attached hydrogens (tertiary/aromatic N) is 3. The van der Waals surface area contributed by atoms with Gasteiger partial charge >= 0.3 is 6.01 Å². The second kappa shape index (κ2) is 5.34. The summed E-state index contributed by atoms with van der Waals surface area (Å²) in [5, 5.41) is 0.444. The summed E-state index contributed by atoms with van der Waals surface area (Å²) >= 11 is 5.95. The van der Waals surface area contributed by atoms with E-state index in [1.807, 2.05) is 6.92 Å². The Morgan fingerprint density at radius 2 is 2.06 bits per heavy atom. The molecule has 1 aromatic rings. The van der Waals surface area contributed by atoms with Crippen LogP contribution in [-0.4, -0.2) is 29.7 Å². The number of aromatic nitrogens is 2. The quantitative estimate of drug-likeness (QED) is 0.763. The van der Waals surface area contributed by atoms with Crippen molar-refractivity contribution in [2.24, 2.45) is 0 Å². The lowest BCUT2D eigenvalue weighted by atomic mass is 10.1. The Bertz CT molecular complexity index is 353. The summed E-state index contributed by atoms with van der Waals surface area (Å²) in [6.07, 6.45) is 3.73. The van der Waals surface area contributed by atoms with Crippen LogP contribution in [0.1, 0.15) is 26.2 Å². The first-order valence-corrected chi connectivity index (χ1v) is 6.09. The van der Waals surface area contributed by atoms with E-state index in [1.165, 1.54) is 19.3 Å². The molecule has 0 saturated carbocycles. The predicted molar refractivity (Wildman–Crippen MR) is 64.3 cm³/mol. The van der Waals surface area contributed by atoms with Crippen molar-refractivity contribution in [3.05, 3.63) is 11.2 Å². The van der Waals surface area contributed by atoms with Gasteiger partial charge in [-0.1, -0.05) is 11.6 Å². The molecule has 2 rings (SSSR count). The van der Waals surface area contributed by atoms with Crippen molar-refractivity contribution in [3.8, 4) is 6.01 Å². The van der Waals surface area contributed by atoms with E-state index in [4.69, 9.17) is 16.3 Å². The number of piperidine rings is 1. The number of hydrogen-bond donors (Lipinski definition) is 0. The topological polar surface area (TPSA) is 38.2 Å². The smallest absolute Gasteiger partial charge is 0.319 e. The fourth-order valence-corrected chi connectivity index (χ4v) is 2.03. The monoisotopic (exact) mass is 241 g/mol. The van der Waals surface area contributed by atoms with Crippen molar-refractivity contribution < 1.29 is 4.74 Å². The number of halogens is 1. The predicted octanol–water partition coefficient (Wildman–Crippen LogP) is 2.52. The van der Waals surface area contributed by atoms with Crippen molar-refractivity contribution in [3.63, 3.8) is 0 Å². The fraction of sp³-hybridized carbons (Fsp3) is 0.636. The first-order valence-electron chi connectivity index (χ1n) is 5.72. The van der Waals surface area contributed by atoms with Crippen LogP contribution in [-0.2, 0) is 0 Å². The van der Waals surface area contributed by atoms with Gasteiger partial charge in [0.15, 0.2) is 0 Å². The van der Waals surface area contributed by atoms with Crippen molar-refractivity contribution in [2.75, 3.05) is 24.6 Å². The molecule has 1 fully saturated rings. The molecule has 1 aliphatic rings. The summed E-state index contributed by atoms with van der Waals surface area (Å²) in [4.78, 5) is 10.6. The Labute approximate surface area is 101 Å². The number of anilines is 1. The lowest BCUT2D eigenvalue weighted by Gasteiger charge is -2.27. The van der Waals surface area contributed by atoms with Gasteiger partial charge in [0, 0.05) is 19.2 Å². The largest absolute Gasteiger partial charge is 0.464 e. The van der Waals surface area contributed by atoms with Crippen molar-refractivity contribution in [2.45, 2.75) is 26.2 Å². The zero-order valence-corrected chi connectivity index (χ0v) is 10.2. The summed E-state index contributed by atoms with van der Waals surface area (Å²) in [5.74, 6) is 0.878. The van der Waals surface area contributed by atoms with Gasteiger partial charge in [-0.15, -0.1) is 0 Å². The maximum atomic E-state index is 5.95. The van der Waals surface area contributed by atoms with Crippen molar-refractivity contribution in [1.82, 2.24) is 9.97 Å². The van der Waals surface area contributed by atoms with Gasteiger partial charge < -0.3 is 9.64 Å². The fourth-order valence-electron chi connectivity index (χ4n) is 1.86. The van der Waals surface area contributed by atoms with Gasteiger partial charge in [-0.2, -0.15) is 9.97 Å². The molecule has 0 amide bonds. The van der Waals surface area contributed by atoms with E-state index in [0.717, 1.165) is 18.9 Å². The molecule has 0 atom stereocenters. The Kier molecular flexibility index (Phi) is 3.83. The average molecular weight is 242 g/mol. The van der Waals surface area contributed by atoms with Crippen molar-refractivity contribution >= 4 is 17.4 Å². The molecule has 2 heterocycles. The van der Waals surface area contributed by atoms with Crippen LogP contribution in [0.3, 0.4) is 0 Å². The molecule has 0 spiro atoms. The third-order valence-corrected chi connectivity index (χ3v) is 2.81. The van der Waals surface area contributed by atoms with E-state index >= 15 is 0 Å². The van der Waals surface area contributed by atoms with Crippen LogP contribution in [0, 0.1) is 0 Å². The molecule has 88 valence electrons. The Hall–Kier alpha value is -1.03. The molecule has 1 aromatic heterocycles. The average Bonchev–Trinajstić information content (AvgIpc) is 2.30. The maximum absolute atomic E-state index is 5.95. The molecular formula is C11H16ClN3O. The SMILES string of the molecule is CCOc1nc(Cl)cc(N2CCCCC2)n1. The molecular weight excluding hydrogens is 226 g/mol. The summed E-state index contributed by atoms with van der Waals surface area (Å²) in [6.45, 7) is 4.54. The molecule has 5 heteroatoms. The third kappa shape index (κ3) is 2.76. The zero-order chi connectivity index (χ0) is 11.4. The highest BCUT2D eigenvalue weighted by atomic mass is 35.5. The number of ether oxygens (including phenoxy) is 1. The summed E-state index contributed by atoms with van der Waals surface area (Å²) < 4.78 is 5.28. The second-order valence-corrected chi connectivity index (χ2v) is 4.20. The first kappa shape index (κ1) is 11.5. The van der Waals surface area contributed by atoms with Crippen molar-refractivity contribution in [1.29, 1.82) is 0 Å². The summed E-state index contributed by atoms with van der Waals surface area (Å²) in [7, 11) is 0. The molecule has 1 aliphatic heterocycles. The van der Waals surface area contributed by atoms with Crippen LogP contribution in [0.25, 0.3) is 0 Å². The molecule has 1 saturated heterocycles. The Morgan fingerprint density at radius 1 is 1.31 bits per heavy atom. The van der Waals surface area contributed by atoms with Gasteiger partial charge in [-0.3, -0.25) is 0 Å². The second-order valence-electron chi connectivity index (χ2n) is 3.81. The molecule has 0 radical (unpaired) electrons. The Balaban J connectivity index is 2.18. The van der Waals surface area contributed by atoms with E-state index < -0.39 is 0 Å². The molecule has 0 aromatic carbocycles. The maximum Gasteiger partial charge on any atom is 0.319 e. The summed E-state index contributed by atoms with van der Waals surface area (Å²) in [5.41, 5.74) is 0. The molecule has 0 aliphatic carbocycles. The van der Waals surface area contributed by atoms with Gasteiger partial charge in [-0.05, 0) is 26.2 Å². The first-order chi connectivity index (χ1) is 7.79. The van der Waals surface area contributed by atoms with E-state index in [2.05, 4.69) is 14.9 Å². The van der Waals surface area contributed by atoms with Crippen LogP contribution < -0.4 is 9.64 Å². The van der Waals surface area contributed by atoms with Gasteiger partial charge in [-0.25, -0.2) is 0 Å². The normalized spacial score (nSPS) is 16.2. The third-order valence-electron chi connectivity index (χ3n) is 2.61. The summed E-state index contributed by atoms with van der Waals surface area (Å²) in [6, 6.07) is 2.17. The molecule has 0 bridgehead atoms. The molecule has 16 heavy (non-hydrogen) atoms. The van der Waals surface area contributed by atoms with Crippen LogP contribution >= 0.6 is 11.6 Å². The highest BCUT2D eigenvalue weighted by molar-refractivity contribution is 6.29. The van der Waals surface area contributed by atoms with Crippen LogP contribution in [0.5, 0.6) is 6.01 Å². The van der Waals surface area contributed by atoms with Crippen LogP contribution in [0.2, 0.25) is 5.15 Å². The number of hydrogen-bond acceptors (Lipinski definition) is 4. The number of rotatable bonds is 3. The zero-order valence-electron chi connectivity index (χ0n) is 9.45. The van der Waals surface area contributed by atoms with Gasteiger partial charge in [0.05, 0.1) is 6.61 Å². The van der Waals surface area contributed by atoms with Gasteiger partial charge in [0.25, 0.3) is 0 Å². The van der Waals surface area contributed by atoms with E-state index in [9.17, 15) is 0 Å². The minimum Gasteiger partial charge on any atom is -0.464 e. The van der Waals surface area contributed by atoms with Crippen LogP contribution in [0.4, 0.5) is 5.82 Å². The van der Waals surface area contributed by atoms with Gasteiger partial charge in [0.2, 0.25) is 0 Å². The van der Waals surface area contributed by atoms with E-state index in [0.29, 0.717) is 17.8 Å². The highest BCUT2D eigenvalue weighted by Crippen LogP contribution is 2.22. The van der Waals surface area contributed by atoms with Crippen LogP contribution in [0.15, 0.2) is 6.07 Å². The standard InChI is InChI=1S/C11H16ClN3O/c1-2-16-11-13-9(12)8-10(14-11)15-6-4-3-5-7-15/h8H,2-7H2,1H3. The van der Waals surface area contributed by atoms with E-state index in [1.54, 1.807) is 6.07 Å². The molecule has 0 N–H and O–H groups in total. The minimum atomic E-state index is 0.371. The van der Waals surface area contributed by atoms with Gasteiger partial charge in [0.1, 0.15) is 11.0 Å². The highest BCUT2D eigenvalue weighted by Gasteiger charge is 2.14. The minimum absolute atomic E-state index is 0.371.